The Bertz CT molecular complexity index is 784. The summed E-state index contributed by atoms with van der Waals surface area (Å²) in [6, 6.07) is 4.49. The van der Waals surface area contributed by atoms with Crippen molar-refractivity contribution in [3.05, 3.63) is 29.3 Å². The molecule has 10 heteroatoms. The van der Waals surface area contributed by atoms with E-state index in [0.29, 0.717) is 13.0 Å². The summed E-state index contributed by atoms with van der Waals surface area (Å²) in [5.41, 5.74) is 6.50. The molecule has 0 radical (unpaired) electrons. The molecule has 0 spiro atoms. The number of hydrogen-bond acceptors (Lipinski definition) is 5. The number of aryl methyl sites for hydroxylation is 2. The monoisotopic (exact) mass is 446 g/mol. The Balaban J connectivity index is 1.75. The molecule has 2 amide bonds. The summed E-state index contributed by atoms with van der Waals surface area (Å²) in [6.07, 6.45) is 0.543. The lowest BCUT2D eigenvalue weighted by atomic mass is 10.1. The molecule has 1 aromatic rings. The van der Waals surface area contributed by atoms with Crippen LogP contribution in [0.25, 0.3) is 0 Å². The van der Waals surface area contributed by atoms with Crippen molar-refractivity contribution in [1.82, 2.24) is 20.9 Å². The molecular weight excluding hydrogens is 424 g/mol. The first kappa shape index (κ1) is 20.8. The Morgan fingerprint density at radius 1 is 1.23 bits per heavy atom. The smallest absolute Gasteiger partial charge is 0.255 e. The Kier molecular flexibility index (Phi) is 7.16. The number of benzene rings is 1. The van der Waals surface area contributed by atoms with Crippen molar-refractivity contribution in [2.24, 2.45) is 0 Å². The average molecular weight is 447 g/mol. The van der Waals surface area contributed by atoms with E-state index in [1.54, 1.807) is 12.1 Å². The number of carbonyl (C=O) groups is 2. The normalized spacial score (nSPS) is 20.0. The minimum Gasteiger partial charge on any atom is -0.305 e. The Morgan fingerprint density at radius 3 is 2.58 bits per heavy atom. The largest absolute Gasteiger partial charge is 0.305 e. The predicted octanol–water partition coefficient (Wildman–Crippen LogP) is 0.245. The van der Waals surface area contributed by atoms with Crippen molar-refractivity contribution in [3.63, 3.8) is 0 Å². The van der Waals surface area contributed by atoms with Crippen LogP contribution in [0.2, 0.25) is 0 Å². The highest BCUT2D eigenvalue weighted by molar-refractivity contribution is 9.09. The number of amides is 2. The van der Waals surface area contributed by atoms with Gasteiger partial charge in [0.15, 0.2) is 0 Å². The fourth-order valence-corrected chi connectivity index (χ4v) is 4.11. The molecule has 2 rings (SSSR count). The second-order valence-corrected chi connectivity index (χ2v) is 9.29. The summed E-state index contributed by atoms with van der Waals surface area (Å²) in [6.45, 7) is 4.35. The third-order valence-electron chi connectivity index (χ3n) is 4.15. The molecule has 2 atom stereocenters. The average Bonchev–Trinajstić information content (AvgIpc) is 3.01. The Morgan fingerprint density at radius 2 is 1.96 bits per heavy atom. The van der Waals surface area contributed by atoms with Crippen molar-refractivity contribution in [3.8, 4) is 0 Å². The molecule has 1 saturated heterocycles. The first-order valence-electron chi connectivity index (χ1n) is 8.22. The maximum Gasteiger partial charge on any atom is 0.255 e. The summed E-state index contributed by atoms with van der Waals surface area (Å²) in [5, 5.41) is 3.02. The van der Waals surface area contributed by atoms with E-state index < -0.39 is 15.9 Å². The zero-order valence-corrected chi connectivity index (χ0v) is 17.0. The first-order valence-corrected chi connectivity index (χ1v) is 10.6. The maximum absolute atomic E-state index is 12.2. The molecule has 2 unspecified atom stereocenters. The molecule has 0 bridgehead atoms. The SMILES string of the molecule is Cc1ccc(S(=O)(=O)NCCC(=O)NNC(=O)C2CC(Br)CN2)cc1C. The van der Waals surface area contributed by atoms with E-state index in [1.165, 1.54) is 6.07 Å². The molecule has 8 nitrogen and oxygen atoms in total. The van der Waals surface area contributed by atoms with Crippen LogP contribution in [-0.2, 0) is 19.6 Å². The van der Waals surface area contributed by atoms with Crippen LogP contribution >= 0.6 is 15.9 Å². The number of halogens is 1. The standard InChI is InChI=1S/C16H23BrN4O4S/c1-10-3-4-13(7-11(10)2)26(24,25)19-6-5-15(22)20-21-16(23)14-8-12(17)9-18-14/h3-4,7,12,14,18-19H,5-6,8-9H2,1-2H3,(H,20,22)(H,21,23). The lowest BCUT2D eigenvalue weighted by Crippen LogP contribution is -2.49. The van der Waals surface area contributed by atoms with Gasteiger partial charge in [0, 0.05) is 24.3 Å². The van der Waals surface area contributed by atoms with Crippen LogP contribution in [0.5, 0.6) is 0 Å². The fourth-order valence-electron chi connectivity index (χ4n) is 2.44. The van der Waals surface area contributed by atoms with Gasteiger partial charge >= 0.3 is 0 Å². The van der Waals surface area contributed by atoms with Crippen LogP contribution in [0.3, 0.4) is 0 Å². The molecule has 1 fully saturated rings. The molecule has 1 heterocycles. The van der Waals surface area contributed by atoms with E-state index in [2.05, 4.69) is 36.8 Å². The number of rotatable bonds is 6. The molecule has 1 aromatic carbocycles. The molecule has 0 aliphatic carbocycles. The second-order valence-electron chi connectivity index (χ2n) is 6.23. The van der Waals surface area contributed by atoms with Gasteiger partial charge in [0.05, 0.1) is 10.9 Å². The first-order chi connectivity index (χ1) is 12.2. The van der Waals surface area contributed by atoms with Gasteiger partial charge in [0.2, 0.25) is 15.9 Å². The van der Waals surface area contributed by atoms with Gasteiger partial charge in [0.25, 0.3) is 5.91 Å². The number of sulfonamides is 1. The Hall–Kier alpha value is -1.49. The van der Waals surface area contributed by atoms with Gasteiger partial charge in [-0.25, -0.2) is 13.1 Å². The molecule has 144 valence electrons. The molecular formula is C16H23BrN4O4S. The van der Waals surface area contributed by atoms with Gasteiger partial charge in [-0.15, -0.1) is 0 Å². The third-order valence-corrected chi connectivity index (χ3v) is 6.31. The zero-order chi connectivity index (χ0) is 19.3. The van der Waals surface area contributed by atoms with Gasteiger partial charge in [-0.2, -0.15) is 0 Å². The van der Waals surface area contributed by atoms with E-state index in [9.17, 15) is 18.0 Å². The maximum atomic E-state index is 12.2. The zero-order valence-electron chi connectivity index (χ0n) is 14.6. The van der Waals surface area contributed by atoms with Gasteiger partial charge in [-0.1, -0.05) is 22.0 Å². The fraction of sp³-hybridized carbons (Fsp3) is 0.500. The lowest BCUT2D eigenvalue weighted by Gasteiger charge is -2.12. The summed E-state index contributed by atoms with van der Waals surface area (Å²) in [4.78, 5) is 24.0. The van der Waals surface area contributed by atoms with Crippen LogP contribution in [0.1, 0.15) is 24.0 Å². The van der Waals surface area contributed by atoms with Gasteiger partial charge in [0.1, 0.15) is 0 Å². The van der Waals surface area contributed by atoms with Crippen LogP contribution in [0.4, 0.5) is 0 Å². The minimum atomic E-state index is -3.68. The molecule has 0 aromatic heterocycles. The number of alkyl halides is 1. The number of hydrogen-bond donors (Lipinski definition) is 4. The molecule has 0 saturated carbocycles. The van der Waals surface area contributed by atoms with E-state index in [4.69, 9.17) is 0 Å². The van der Waals surface area contributed by atoms with Crippen LogP contribution in [0, 0.1) is 13.8 Å². The molecule has 1 aliphatic rings. The van der Waals surface area contributed by atoms with Crippen LogP contribution in [-0.4, -0.2) is 44.2 Å². The lowest BCUT2D eigenvalue weighted by molar-refractivity contribution is -0.129. The van der Waals surface area contributed by atoms with E-state index in [0.717, 1.165) is 11.1 Å². The van der Waals surface area contributed by atoms with E-state index >= 15 is 0 Å². The third kappa shape index (κ3) is 5.76. The Labute approximate surface area is 161 Å². The quantitative estimate of drug-likeness (QED) is 0.369. The van der Waals surface area contributed by atoms with Crippen LogP contribution in [0.15, 0.2) is 23.1 Å². The number of nitrogens with one attached hydrogen (secondary N) is 4. The van der Waals surface area contributed by atoms with Crippen LogP contribution < -0.4 is 20.9 Å². The summed E-state index contributed by atoms with van der Waals surface area (Å²) < 4.78 is 26.8. The van der Waals surface area contributed by atoms with Crippen molar-refractivity contribution in [2.45, 2.75) is 42.5 Å². The van der Waals surface area contributed by atoms with Crippen molar-refractivity contribution < 1.29 is 18.0 Å². The predicted molar refractivity (Wildman–Crippen MR) is 101 cm³/mol. The van der Waals surface area contributed by atoms with Crippen molar-refractivity contribution in [1.29, 1.82) is 0 Å². The topological polar surface area (TPSA) is 116 Å². The highest BCUT2D eigenvalue weighted by atomic mass is 79.9. The van der Waals surface area contributed by atoms with E-state index in [1.807, 2.05) is 13.8 Å². The summed E-state index contributed by atoms with van der Waals surface area (Å²) in [5.74, 6) is -0.800. The number of carbonyl (C=O) groups excluding carboxylic acids is 2. The molecule has 26 heavy (non-hydrogen) atoms. The summed E-state index contributed by atoms with van der Waals surface area (Å²) in [7, 11) is -3.68. The van der Waals surface area contributed by atoms with Crippen molar-refractivity contribution >= 4 is 37.8 Å². The minimum absolute atomic E-state index is 0.0673. The number of hydrazine groups is 1. The van der Waals surface area contributed by atoms with Crippen molar-refractivity contribution in [2.75, 3.05) is 13.1 Å². The summed E-state index contributed by atoms with van der Waals surface area (Å²) >= 11 is 3.41. The van der Waals surface area contributed by atoms with E-state index in [-0.39, 0.29) is 34.6 Å². The molecule has 4 N–H and O–H groups in total. The van der Waals surface area contributed by atoms with Gasteiger partial charge in [-0.05, 0) is 43.5 Å². The highest BCUT2D eigenvalue weighted by Gasteiger charge is 2.27. The highest BCUT2D eigenvalue weighted by Crippen LogP contribution is 2.15. The van der Waals surface area contributed by atoms with Gasteiger partial charge < -0.3 is 5.32 Å². The molecule has 1 aliphatic heterocycles. The second kappa shape index (κ2) is 8.94. The van der Waals surface area contributed by atoms with Gasteiger partial charge in [-0.3, -0.25) is 20.4 Å².